The van der Waals surface area contributed by atoms with Crippen molar-refractivity contribution in [1.82, 2.24) is 4.98 Å². The Hall–Kier alpha value is -0.990. The molecule has 1 rings (SSSR count). The SMILES string of the molecule is Nc1cc(C(F)F)c(I)nc1C(=O)O. The second-order valence-electron chi connectivity index (χ2n) is 2.41. The van der Waals surface area contributed by atoms with Gasteiger partial charge in [-0.25, -0.2) is 18.6 Å². The van der Waals surface area contributed by atoms with Gasteiger partial charge in [0.2, 0.25) is 0 Å². The average Bonchev–Trinajstić information content (AvgIpc) is 2.07. The van der Waals surface area contributed by atoms with Gasteiger partial charge < -0.3 is 10.8 Å². The second-order valence-corrected chi connectivity index (χ2v) is 3.43. The molecule has 4 nitrogen and oxygen atoms in total. The Balaban J connectivity index is 3.31. The first-order chi connectivity index (χ1) is 6.43. The number of nitrogen functional groups attached to an aromatic ring is 1. The van der Waals surface area contributed by atoms with E-state index in [4.69, 9.17) is 10.8 Å². The van der Waals surface area contributed by atoms with Crippen LogP contribution in [0.2, 0.25) is 0 Å². The van der Waals surface area contributed by atoms with E-state index in [1.807, 2.05) is 0 Å². The number of pyridine rings is 1. The molecule has 7 heteroatoms. The highest BCUT2D eigenvalue weighted by atomic mass is 127. The molecule has 0 atom stereocenters. The number of halogens is 3. The Kier molecular flexibility index (Phi) is 3.19. The van der Waals surface area contributed by atoms with Crippen molar-refractivity contribution in [3.63, 3.8) is 0 Å². The molecular weight excluding hydrogens is 309 g/mol. The first kappa shape index (κ1) is 11.1. The zero-order chi connectivity index (χ0) is 10.9. The predicted octanol–water partition coefficient (Wildman–Crippen LogP) is 1.90. The van der Waals surface area contributed by atoms with Gasteiger partial charge in [-0.1, -0.05) is 0 Å². The molecule has 0 aliphatic carbocycles. The van der Waals surface area contributed by atoms with Crippen molar-refractivity contribution < 1.29 is 18.7 Å². The summed E-state index contributed by atoms with van der Waals surface area (Å²) in [5.74, 6) is -1.33. The lowest BCUT2D eigenvalue weighted by molar-refractivity contribution is 0.0690. The van der Waals surface area contributed by atoms with E-state index < -0.39 is 18.1 Å². The standard InChI is InChI=1S/C7H5F2IN2O2/c8-5(9)2-1-3(11)4(7(13)14)12-6(2)10/h1,5H,11H2,(H,13,14). The highest BCUT2D eigenvalue weighted by Gasteiger charge is 2.18. The summed E-state index contributed by atoms with van der Waals surface area (Å²) in [4.78, 5) is 14.0. The van der Waals surface area contributed by atoms with Crippen LogP contribution in [0.1, 0.15) is 22.5 Å². The smallest absolute Gasteiger partial charge is 0.356 e. The molecule has 0 aliphatic rings. The maximum atomic E-state index is 12.3. The maximum Gasteiger partial charge on any atom is 0.356 e. The maximum absolute atomic E-state index is 12.3. The highest BCUT2D eigenvalue weighted by Crippen LogP contribution is 2.26. The molecule has 0 unspecified atom stereocenters. The Morgan fingerprint density at radius 1 is 1.64 bits per heavy atom. The first-order valence-corrected chi connectivity index (χ1v) is 4.48. The van der Waals surface area contributed by atoms with E-state index in [2.05, 4.69) is 4.98 Å². The van der Waals surface area contributed by atoms with E-state index in [1.165, 1.54) is 0 Å². The van der Waals surface area contributed by atoms with E-state index in [-0.39, 0.29) is 15.0 Å². The molecule has 14 heavy (non-hydrogen) atoms. The summed E-state index contributed by atoms with van der Waals surface area (Å²) >= 11 is 1.54. The average molecular weight is 314 g/mol. The van der Waals surface area contributed by atoms with E-state index in [0.29, 0.717) is 0 Å². The van der Waals surface area contributed by atoms with Gasteiger partial charge in [-0.3, -0.25) is 0 Å². The van der Waals surface area contributed by atoms with Crippen molar-refractivity contribution >= 4 is 34.2 Å². The fourth-order valence-electron chi connectivity index (χ4n) is 0.847. The number of hydrogen-bond donors (Lipinski definition) is 2. The topological polar surface area (TPSA) is 76.2 Å². The van der Waals surface area contributed by atoms with Gasteiger partial charge in [0.15, 0.2) is 5.69 Å². The number of hydrogen-bond acceptors (Lipinski definition) is 3. The van der Waals surface area contributed by atoms with Gasteiger partial charge >= 0.3 is 5.97 Å². The summed E-state index contributed by atoms with van der Waals surface area (Å²) < 4.78 is 24.5. The van der Waals surface area contributed by atoms with Crippen LogP contribution in [-0.4, -0.2) is 16.1 Å². The van der Waals surface area contributed by atoms with Crippen molar-refractivity contribution in [3.8, 4) is 0 Å². The first-order valence-electron chi connectivity index (χ1n) is 3.41. The monoisotopic (exact) mass is 314 g/mol. The minimum Gasteiger partial charge on any atom is -0.476 e. The fraction of sp³-hybridized carbons (Fsp3) is 0.143. The molecular formula is C7H5F2IN2O2. The minimum absolute atomic E-state index is 0.0517. The van der Waals surface area contributed by atoms with Crippen molar-refractivity contribution in [2.75, 3.05) is 5.73 Å². The molecule has 3 N–H and O–H groups in total. The summed E-state index contributed by atoms with van der Waals surface area (Å²) in [6.45, 7) is 0. The number of carboxylic acid groups (broad SMARTS) is 1. The van der Waals surface area contributed by atoms with Gasteiger partial charge in [0.25, 0.3) is 6.43 Å². The number of rotatable bonds is 2. The van der Waals surface area contributed by atoms with Gasteiger partial charge in [-0.2, -0.15) is 0 Å². The molecule has 0 saturated carbocycles. The van der Waals surface area contributed by atoms with E-state index in [1.54, 1.807) is 22.6 Å². The molecule has 0 aromatic carbocycles. The zero-order valence-electron chi connectivity index (χ0n) is 6.67. The number of anilines is 1. The van der Waals surface area contributed by atoms with Crippen LogP contribution in [0.3, 0.4) is 0 Å². The van der Waals surface area contributed by atoms with E-state index >= 15 is 0 Å². The number of aromatic carboxylic acids is 1. The van der Waals surface area contributed by atoms with Gasteiger partial charge in [-0.15, -0.1) is 0 Å². The summed E-state index contributed by atoms with van der Waals surface area (Å²) in [7, 11) is 0. The largest absolute Gasteiger partial charge is 0.476 e. The van der Waals surface area contributed by atoms with E-state index in [0.717, 1.165) is 6.07 Å². The Morgan fingerprint density at radius 3 is 2.64 bits per heavy atom. The lowest BCUT2D eigenvalue weighted by Crippen LogP contribution is -2.09. The summed E-state index contributed by atoms with van der Waals surface area (Å²) in [6.07, 6.45) is -2.71. The third kappa shape index (κ3) is 2.08. The number of nitrogens with zero attached hydrogens (tertiary/aromatic N) is 1. The van der Waals surface area contributed by atoms with Crippen molar-refractivity contribution in [1.29, 1.82) is 0 Å². The molecule has 0 bridgehead atoms. The third-order valence-corrected chi connectivity index (χ3v) is 2.33. The van der Waals surface area contributed by atoms with Gasteiger partial charge in [0, 0.05) is 0 Å². The number of nitrogens with two attached hydrogens (primary N) is 1. The lowest BCUT2D eigenvalue weighted by atomic mass is 10.2. The summed E-state index contributed by atoms with van der Waals surface area (Å²) in [6, 6.07) is 0.933. The second kappa shape index (κ2) is 4.03. The van der Waals surface area contributed by atoms with Gasteiger partial charge in [0.05, 0.1) is 11.3 Å². The molecule has 1 aromatic rings. The van der Waals surface area contributed by atoms with Crippen molar-refractivity contribution in [3.05, 3.63) is 21.0 Å². The minimum atomic E-state index is -2.71. The number of carboxylic acids is 1. The van der Waals surface area contributed by atoms with Gasteiger partial charge in [-0.05, 0) is 28.7 Å². The predicted molar refractivity (Wildman–Crippen MR) is 53.3 cm³/mol. The van der Waals surface area contributed by atoms with Crippen LogP contribution in [0.4, 0.5) is 14.5 Å². The Labute approximate surface area is 91.3 Å². The third-order valence-electron chi connectivity index (χ3n) is 1.47. The zero-order valence-corrected chi connectivity index (χ0v) is 8.83. The van der Waals surface area contributed by atoms with Crippen LogP contribution >= 0.6 is 22.6 Å². The van der Waals surface area contributed by atoms with Crippen LogP contribution in [0.15, 0.2) is 6.07 Å². The highest BCUT2D eigenvalue weighted by molar-refractivity contribution is 14.1. The number of carbonyl (C=O) groups is 1. The summed E-state index contributed by atoms with van der Waals surface area (Å²) in [5, 5.41) is 8.59. The van der Waals surface area contributed by atoms with Crippen LogP contribution in [0.5, 0.6) is 0 Å². The van der Waals surface area contributed by atoms with Gasteiger partial charge in [0.1, 0.15) is 3.70 Å². The molecule has 0 fully saturated rings. The molecule has 1 aromatic heterocycles. The quantitative estimate of drug-likeness (QED) is 0.646. The lowest BCUT2D eigenvalue weighted by Gasteiger charge is -2.06. The number of aromatic nitrogens is 1. The normalized spacial score (nSPS) is 10.6. The Bertz CT molecular complexity index is 384. The van der Waals surface area contributed by atoms with Crippen LogP contribution in [0.25, 0.3) is 0 Å². The van der Waals surface area contributed by atoms with Crippen molar-refractivity contribution in [2.24, 2.45) is 0 Å². The Morgan fingerprint density at radius 2 is 2.21 bits per heavy atom. The molecule has 0 radical (unpaired) electrons. The fourth-order valence-corrected chi connectivity index (χ4v) is 1.48. The molecule has 0 spiro atoms. The van der Waals surface area contributed by atoms with Crippen LogP contribution < -0.4 is 5.73 Å². The van der Waals surface area contributed by atoms with E-state index in [9.17, 15) is 13.6 Å². The summed E-state index contributed by atoms with van der Waals surface area (Å²) in [5.41, 5.74) is 4.24. The molecule has 0 saturated heterocycles. The number of alkyl halides is 2. The van der Waals surface area contributed by atoms with Crippen LogP contribution in [-0.2, 0) is 0 Å². The molecule has 0 aliphatic heterocycles. The van der Waals surface area contributed by atoms with Crippen molar-refractivity contribution in [2.45, 2.75) is 6.43 Å². The molecule has 0 amide bonds. The van der Waals surface area contributed by atoms with Crippen LogP contribution in [0, 0.1) is 3.70 Å². The molecule has 76 valence electrons. The molecule has 1 heterocycles.